The average Bonchev–Trinajstić information content (AvgIpc) is 1.81. The Labute approximate surface area is 59.5 Å². The number of aliphatic carboxylic acids is 1. The summed E-state index contributed by atoms with van der Waals surface area (Å²) in [5.74, 6) is -1.14. The van der Waals surface area contributed by atoms with E-state index in [4.69, 9.17) is 5.11 Å². The molecule has 0 spiro atoms. The Bertz CT molecular complexity index is 151. The standard InChI is InChI=1S/C6H11NO3/c1-4(2)5(6(8)9)7-10-3/h4H,1-3H3,(H,8,9)/b7-5+. The zero-order valence-corrected chi connectivity index (χ0v) is 6.29. The van der Waals surface area contributed by atoms with Crippen molar-refractivity contribution in [2.75, 3.05) is 7.11 Å². The van der Waals surface area contributed by atoms with Gasteiger partial charge in [-0.1, -0.05) is 19.0 Å². The molecule has 1 N–H and O–H groups in total. The highest BCUT2D eigenvalue weighted by atomic mass is 16.6. The van der Waals surface area contributed by atoms with E-state index in [9.17, 15) is 4.79 Å². The second-order valence-electron chi connectivity index (χ2n) is 2.12. The molecule has 0 aromatic carbocycles. The lowest BCUT2D eigenvalue weighted by molar-refractivity contribution is -0.129. The lowest BCUT2D eigenvalue weighted by Crippen LogP contribution is -2.19. The molecule has 0 bridgehead atoms. The van der Waals surface area contributed by atoms with E-state index in [1.165, 1.54) is 7.11 Å². The number of carbonyl (C=O) groups is 1. The van der Waals surface area contributed by atoms with Gasteiger partial charge in [-0.15, -0.1) is 0 Å². The highest BCUT2D eigenvalue weighted by molar-refractivity contribution is 6.36. The third kappa shape index (κ3) is 2.48. The van der Waals surface area contributed by atoms with Gasteiger partial charge in [-0.25, -0.2) is 4.79 Å². The first kappa shape index (κ1) is 8.94. The molecule has 0 unspecified atom stereocenters. The Balaban J connectivity index is 4.27. The normalized spacial score (nSPS) is 11.8. The van der Waals surface area contributed by atoms with E-state index in [0.29, 0.717) is 0 Å². The molecule has 0 saturated heterocycles. The number of hydrogen-bond donors (Lipinski definition) is 1. The molecule has 0 aromatic heterocycles. The Kier molecular flexibility index (Phi) is 3.46. The molecule has 10 heavy (non-hydrogen) atoms. The second kappa shape index (κ2) is 3.87. The van der Waals surface area contributed by atoms with Crippen LogP contribution in [0.3, 0.4) is 0 Å². The minimum absolute atomic E-state index is 0.0440. The van der Waals surface area contributed by atoms with Crippen LogP contribution in [0, 0.1) is 5.92 Å². The molecule has 0 amide bonds. The second-order valence-corrected chi connectivity index (χ2v) is 2.12. The lowest BCUT2D eigenvalue weighted by atomic mass is 10.1. The first-order valence-electron chi connectivity index (χ1n) is 2.94. The van der Waals surface area contributed by atoms with Gasteiger partial charge in [-0.2, -0.15) is 0 Å². The molecule has 4 nitrogen and oxygen atoms in total. The van der Waals surface area contributed by atoms with Crippen LogP contribution >= 0.6 is 0 Å². The van der Waals surface area contributed by atoms with Gasteiger partial charge in [-0.05, 0) is 0 Å². The first-order valence-corrected chi connectivity index (χ1v) is 2.94. The fourth-order valence-electron chi connectivity index (χ4n) is 0.490. The summed E-state index contributed by atoms with van der Waals surface area (Å²) < 4.78 is 0. The molecule has 0 atom stereocenters. The van der Waals surface area contributed by atoms with Crippen molar-refractivity contribution >= 4 is 11.7 Å². The number of hydrogen-bond acceptors (Lipinski definition) is 3. The SMILES string of the molecule is CO/N=C(/C(=O)O)C(C)C. The maximum Gasteiger partial charge on any atom is 0.353 e. The van der Waals surface area contributed by atoms with Crippen LogP contribution in [0.2, 0.25) is 0 Å². The molecular weight excluding hydrogens is 134 g/mol. The average molecular weight is 145 g/mol. The highest BCUT2D eigenvalue weighted by Gasteiger charge is 2.13. The van der Waals surface area contributed by atoms with E-state index in [1.54, 1.807) is 13.8 Å². The Morgan fingerprint density at radius 2 is 2.10 bits per heavy atom. The molecule has 4 heteroatoms. The largest absolute Gasteiger partial charge is 0.477 e. The molecule has 0 rings (SSSR count). The quantitative estimate of drug-likeness (QED) is 0.470. The van der Waals surface area contributed by atoms with E-state index < -0.39 is 5.97 Å². The van der Waals surface area contributed by atoms with Crippen molar-refractivity contribution in [3.8, 4) is 0 Å². The molecule has 0 aromatic rings. The molecule has 0 saturated carbocycles. The summed E-state index contributed by atoms with van der Waals surface area (Å²) in [4.78, 5) is 14.7. The Morgan fingerprint density at radius 3 is 2.20 bits per heavy atom. The number of rotatable bonds is 3. The van der Waals surface area contributed by atoms with Gasteiger partial charge < -0.3 is 9.94 Å². The maximum absolute atomic E-state index is 10.3. The smallest absolute Gasteiger partial charge is 0.353 e. The van der Waals surface area contributed by atoms with Crippen LogP contribution in [-0.2, 0) is 9.63 Å². The van der Waals surface area contributed by atoms with Crippen LogP contribution < -0.4 is 0 Å². The molecule has 0 heterocycles. The van der Waals surface area contributed by atoms with Crippen molar-refractivity contribution in [3.63, 3.8) is 0 Å². The number of carboxylic acid groups (broad SMARTS) is 1. The monoisotopic (exact) mass is 145 g/mol. The summed E-state index contributed by atoms with van der Waals surface area (Å²) in [6, 6.07) is 0. The van der Waals surface area contributed by atoms with Crippen LogP contribution in [0.15, 0.2) is 5.16 Å². The van der Waals surface area contributed by atoms with Crippen LogP contribution in [-0.4, -0.2) is 23.9 Å². The predicted octanol–water partition coefficient (Wildman–Crippen LogP) is 0.729. The minimum Gasteiger partial charge on any atom is -0.477 e. The molecule has 0 fully saturated rings. The van der Waals surface area contributed by atoms with E-state index in [2.05, 4.69) is 9.99 Å². The summed E-state index contributed by atoms with van der Waals surface area (Å²) in [5, 5.41) is 11.8. The fourth-order valence-corrected chi connectivity index (χ4v) is 0.490. The van der Waals surface area contributed by atoms with Gasteiger partial charge in [0.25, 0.3) is 0 Å². The molecule has 0 radical (unpaired) electrons. The van der Waals surface area contributed by atoms with Crippen LogP contribution in [0.4, 0.5) is 0 Å². The summed E-state index contributed by atoms with van der Waals surface area (Å²) in [5.41, 5.74) is 0.0440. The molecule has 0 aliphatic heterocycles. The highest BCUT2D eigenvalue weighted by Crippen LogP contribution is 1.97. The van der Waals surface area contributed by atoms with Crippen molar-refractivity contribution in [3.05, 3.63) is 0 Å². The van der Waals surface area contributed by atoms with Crippen molar-refractivity contribution in [2.24, 2.45) is 11.1 Å². The van der Waals surface area contributed by atoms with Crippen molar-refractivity contribution < 1.29 is 14.7 Å². The van der Waals surface area contributed by atoms with Gasteiger partial charge in [0.15, 0.2) is 5.71 Å². The van der Waals surface area contributed by atoms with Gasteiger partial charge in [0.05, 0.1) is 0 Å². The van der Waals surface area contributed by atoms with E-state index in [0.717, 1.165) is 0 Å². The van der Waals surface area contributed by atoms with Crippen LogP contribution in [0.25, 0.3) is 0 Å². The Morgan fingerprint density at radius 1 is 1.60 bits per heavy atom. The number of carboxylic acids is 1. The third-order valence-corrected chi connectivity index (χ3v) is 0.956. The van der Waals surface area contributed by atoms with E-state index in [1.807, 2.05) is 0 Å². The van der Waals surface area contributed by atoms with Gasteiger partial charge in [0, 0.05) is 5.92 Å². The zero-order chi connectivity index (χ0) is 8.15. The minimum atomic E-state index is -1.03. The molecule has 58 valence electrons. The van der Waals surface area contributed by atoms with Crippen molar-refractivity contribution in [2.45, 2.75) is 13.8 Å². The van der Waals surface area contributed by atoms with Gasteiger partial charge >= 0.3 is 5.97 Å². The zero-order valence-electron chi connectivity index (χ0n) is 6.29. The lowest BCUT2D eigenvalue weighted by Gasteiger charge is -2.01. The molecule has 0 aliphatic carbocycles. The van der Waals surface area contributed by atoms with E-state index >= 15 is 0 Å². The van der Waals surface area contributed by atoms with Gasteiger partial charge in [-0.3, -0.25) is 0 Å². The summed E-state index contributed by atoms with van der Waals surface area (Å²) in [7, 11) is 1.32. The van der Waals surface area contributed by atoms with Crippen molar-refractivity contribution in [1.82, 2.24) is 0 Å². The first-order chi connectivity index (χ1) is 4.59. The summed E-state index contributed by atoms with van der Waals surface area (Å²) in [6.45, 7) is 3.48. The topological polar surface area (TPSA) is 58.9 Å². The number of oxime groups is 1. The molecular formula is C6H11NO3. The maximum atomic E-state index is 10.3. The van der Waals surface area contributed by atoms with Crippen molar-refractivity contribution in [1.29, 1.82) is 0 Å². The molecule has 0 aliphatic rings. The van der Waals surface area contributed by atoms with E-state index in [-0.39, 0.29) is 11.6 Å². The van der Waals surface area contributed by atoms with Crippen LogP contribution in [0.1, 0.15) is 13.8 Å². The van der Waals surface area contributed by atoms with Crippen LogP contribution in [0.5, 0.6) is 0 Å². The third-order valence-electron chi connectivity index (χ3n) is 0.956. The van der Waals surface area contributed by atoms with Gasteiger partial charge in [0.1, 0.15) is 7.11 Å². The summed E-state index contributed by atoms with van der Waals surface area (Å²) in [6.07, 6.45) is 0. The Hall–Kier alpha value is -1.06. The number of nitrogens with zero attached hydrogens (tertiary/aromatic N) is 1. The fraction of sp³-hybridized carbons (Fsp3) is 0.667. The predicted molar refractivity (Wildman–Crippen MR) is 36.9 cm³/mol. The summed E-state index contributed by atoms with van der Waals surface area (Å²) >= 11 is 0. The van der Waals surface area contributed by atoms with Gasteiger partial charge in [0.2, 0.25) is 0 Å².